The Hall–Kier alpha value is -2.25. The second-order valence-electron chi connectivity index (χ2n) is 7.37. The fourth-order valence-corrected chi connectivity index (χ4v) is 3.87. The number of amides is 1. The molecule has 144 valence electrons. The Kier molecular flexibility index (Phi) is 5.50. The van der Waals surface area contributed by atoms with E-state index in [9.17, 15) is 9.18 Å². The molecule has 0 radical (unpaired) electrons. The Balaban J connectivity index is 1.43. The lowest BCUT2D eigenvalue weighted by atomic mass is 10.0. The van der Waals surface area contributed by atoms with Gasteiger partial charge in [-0.25, -0.2) is 9.37 Å². The average molecular weight is 372 g/mol. The molecular weight excluding hydrogens is 347 g/mol. The number of carbonyl (C=O) groups is 1. The van der Waals surface area contributed by atoms with E-state index < -0.39 is 0 Å². The highest BCUT2D eigenvalue weighted by atomic mass is 19.1. The number of nitrogens with zero attached hydrogens (tertiary/aromatic N) is 3. The first kappa shape index (κ1) is 18.1. The first-order valence-electron chi connectivity index (χ1n) is 9.52. The summed E-state index contributed by atoms with van der Waals surface area (Å²) in [4.78, 5) is 19.2. The second-order valence-corrected chi connectivity index (χ2v) is 7.37. The highest BCUT2D eigenvalue weighted by Gasteiger charge is 2.30. The molecular formula is C20H25FN4O2. The van der Waals surface area contributed by atoms with E-state index in [2.05, 4.69) is 15.2 Å². The molecule has 1 fully saturated rings. The molecule has 2 aromatic rings. The molecule has 1 N–H and O–H groups in total. The van der Waals surface area contributed by atoms with Crippen LogP contribution in [0.5, 0.6) is 0 Å². The van der Waals surface area contributed by atoms with Gasteiger partial charge >= 0.3 is 0 Å². The molecule has 0 bridgehead atoms. The summed E-state index contributed by atoms with van der Waals surface area (Å²) in [6.07, 6.45) is 5.47. The van der Waals surface area contributed by atoms with Crippen molar-refractivity contribution >= 4 is 5.91 Å². The third-order valence-electron chi connectivity index (χ3n) is 5.46. The Morgan fingerprint density at radius 2 is 2.11 bits per heavy atom. The van der Waals surface area contributed by atoms with Crippen LogP contribution in [0.25, 0.3) is 0 Å². The van der Waals surface area contributed by atoms with Crippen LogP contribution in [0.15, 0.2) is 36.8 Å². The lowest BCUT2D eigenvalue weighted by Gasteiger charge is -2.34. The average Bonchev–Trinajstić information content (AvgIpc) is 3.17. The molecule has 0 saturated carbocycles. The summed E-state index contributed by atoms with van der Waals surface area (Å²) in [7, 11) is 0. The lowest BCUT2D eigenvalue weighted by Crippen LogP contribution is -2.45. The number of carbonyl (C=O) groups excluding carboxylic acids is 1. The number of benzene rings is 1. The lowest BCUT2D eigenvalue weighted by molar-refractivity contribution is -0.126. The normalized spacial score (nSPS) is 21.0. The van der Waals surface area contributed by atoms with Gasteiger partial charge in [-0.1, -0.05) is 18.2 Å². The SMILES string of the molecule is O=C(NCC1CCOCC1)C1CN(Cc2ccccc2F)Cc2cncn21. The molecule has 27 heavy (non-hydrogen) atoms. The van der Waals surface area contributed by atoms with Crippen molar-refractivity contribution in [3.8, 4) is 0 Å². The minimum atomic E-state index is -0.345. The van der Waals surface area contributed by atoms with Crippen molar-refractivity contribution in [1.29, 1.82) is 0 Å². The molecule has 1 atom stereocenters. The van der Waals surface area contributed by atoms with Gasteiger partial charge in [0, 0.05) is 51.2 Å². The van der Waals surface area contributed by atoms with Crippen LogP contribution < -0.4 is 5.32 Å². The van der Waals surface area contributed by atoms with Gasteiger partial charge in [0.05, 0.1) is 12.0 Å². The predicted molar refractivity (Wildman–Crippen MR) is 98.3 cm³/mol. The smallest absolute Gasteiger partial charge is 0.244 e. The van der Waals surface area contributed by atoms with Crippen molar-refractivity contribution in [2.24, 2.45) is 5.92 Å². The van der Waals surface area contributed by atoms with Crippen LogP contribution >= 0.6 is 0 Å². The summed E-state index contributed by atoms with van der Waals surface area (Å²) in [5, 5.41) is 3.10. The van der Waals surface area contributed by atoms with Crippen molar-refractivity contribution in [3.05, 3.63) is 53.9 Å². The zero-order chi connectivity index (χ0) is 18.6. The highest BCUT2D eigenvalue weighted by molar-refractivity contribution is 5.80. The molecule has 0 spiro atoms. The zero-order valence-corrected chi connectivity index (χ0v) is 15.3. The number of rotatable bonds is 5. The Morgan fingerprint density at radius 3 is 2.93 bits per heavy atom. The molecule has 4 rings (SSSR count). The fraction of sp³-hybridized carbons (Fsp3) is 0.500. The Bertz CT molecular complexity index is 788. The largest absolute Gasteiger partial charge is 0.381 e. The van der Waals surface area contributed by atoms with Crippen LogP contribution in [0, 0.1) is 11.7 Å². The number of nitrogens with one attached hydrogen (secondary N) is 1. The predicted octanol–water partition coefficient (Wildman–Crippen LogP) is 2.12. The van der Waals surface area contributed by atoms with Crippen LogP contribution in [0.4, 0.5) is 4.39 Å². The molecule has 2 aliphatic rings. The number of ether oxygens (including phenoxy) is 1. The molecule has 0 aliphatic carbocycles. The van der Waals surface area contributed by atoms with E-state index >= 15 is 0 Å². The molecule has 1 unspecified atom stereocenters. The van der Waals surface area contributed by atoms with Gasteiger partial charge in [0.15, 0.2) is 0 Å². The number of hydrogen-bond donors (Lipinski definition) is 1. The van der Waals surface area contributed by atoms with Crippen LogP contribution in [0.2, 0.25) is 0 Å². The monoisotopic (exact) mass is 372 g/mol. The molecule has 7 heteroatoms. The Morgan fingerprint density at radius 1 is 1.30 bits per heavy atom. The first-order valence-corrected chi connectivity index (χ1v) is 9.52. The van der Waals surface area contributed by atoms with Crippen LogP contribution in [-0.2, 0) is 22.6 Å². The summed E-state index contributed by atoms with van der Waals surface area (Å²) in [5.41, 5.74) is 1.62. The molecule has 3 heterocycles. The van der Waals surface area contributed by atoms with E-state index in [1.165, 1.54) is 6.07 Å². The standard InChI is InChI=1S/C20H25FN4O2/c21-18-4-2-1-3-16(18)11-24-12-17-10-22-14-25(17)19(13-24)20(26)23-9-15-5-7-27-8-6-15/h1-4,10,14-15,19H,5-9,11-13H2,(H,23,26). The molecule has 1 aromatic carbocycles. The molecule has 1 amide bonds. The number of hydrogen-bond acceptors (Lipinski definition) is 4. The van der Waals surface area contributed by atoms with Gasteiger partial charge in [-0.15, -0.1) is 0 Å². The Labute approximate surface area is 158 Å². The van der Waals surface area contributed by atoms with Gasteiger partial charge in [0.1, 0.15) is 11.9 Å². The van der Waals surface area contributed by atoms with Crippen LogP contribution in [0.3, 0.4) is 0 Å². The highest BCUT2D eigenvalue weighted by Crippen LogP contribution is 2.24. The fourth-order valence-electron chi connectivity index (χ4n) is 3.87. The van der Waals surface area contributed by atoms with Crippen LogP contribution in [-0.4, -0.2) is 46.7 Å². The molecule has 1 saturated heterocycles. The van der Waals surface area contributed by atoms with Gasteiger partial charge in [0.25, 0.3) is 0 Å². The summed E-state index contributed by atoms with van der Waals surface area (Å²) in [5.74, 6) is 0.263. The number of halogens is 1. The van der Waals surface area contributed by atoms with Gasteiger partial charge in [0.2, 0.25) is 5.91 Å². The number of aromatic nitrogens is 2. The molecule has 2 aliphatic heterocycles. The zero-order valence-electron chi connectivity index (χ0n) is 15.3. The first-order chi connectivity index (χ1) is 13.2. The topological polar surface area (TPSA) is 59.4 Å². The van der Waals surface area contributed by atoms with Gasteiger partial charge in [-0.05, 0) is 24.8 Å². The van der Waals surface area contributed by atoms with Crippen molar-refractivity contribution in [2.75, 3.05) is 26.3 Å². The third-order valence-corrected chi connectivity index (χ3v) is 5.46. The molecule has 6 nitrogen and oxygen atoms in total. The van der Waals surface area contributed by atoms with Crippen LogP contribution in [0.1, 0.15) is 30.1 Å². The molecule has 1 aromatic heterocycles. The summed E-state index contributed by atoms with van der Waals surface area (Å²) >= 11 is 0. The summed E-state index contributed by atoms with van der Waals surface area (Å²) < 4.78 is 21.3. The van der Waals surface area contributed by atoms with Gasteiger partial charge in [-0.2, -0.15) is 0 Å². The second kappa shape index (κ2) is 8.19. The van der Waals surface area contributed by atoms with Crippen molar-refractivity contribution < 1.29 is 13.9 Å². The van der Waals surface area contributed by atoms with Crippen molar-refractivity contribution in [2.45, 2.75) is 32.0 Å². The minimum absolute atomic E-state index is 0.000949. The number of imidazole rings is 1. The maximum absolute atomic E-state index is 14.0. The van der Waals surface area contributed by atoms with Crippen molar-refractivity contribution in [3.63, 3.8) is 0 Å². The van der Waals surface area contributed by atoms with Gasteiger partial charge < -0.3 is 14.6 Å². The summed E-state index contributed by atoms with van der Waals surface area (Å²) in [6.45, 7) is 3.88. The van der Waals surface area contributed by atoms with E-state index in [0.29, 0.717) is 37.7 Å². The van der Waals surface area contributed by atoms with E-state index in [1.54, 1.807) is 24.7 Å². The summed E-state index contributed by atoms with van der Waals surface area (Å²) in [6, 6.07) is 6.45. The van der Waals surface area contributed by atoms with E-state index in [4.69, 9.17) is 4.74 Å². The quantitative estimate of drug-likeness (QED) is 0.874. The van der Waals surface area contributed by atoms with E-state index in [0.717, 1.165) is 31.7 Å². The van der Waals surface area contributed by atoms with Gasteiger partial charge in [-0.3, -0.25) is 9.69 Å². The minimum Gasteiger partial charge on any atom is -0.381 e. The third kappa shape index (κ3) is 4.20. The van der Waals surface area contributed by atoms with E-state index in [1.807, 2.05) is 10.6 Å². The maximum Gasteiger partial charge on any atom is 0.244 e. The van der Waals surface area contributed by atoms with Crippen molar-refractivity contribution in [1.82, 2.24) is 19.8 Å². The maximum atomic E-state index is 14.0. The number of fused-ring (bicyclic) bond motifs is 1. The van der Waals surface area contributed by atoms with E-state index in [-0.39, 0.29) is 17.8 Å².